The molecule has 0 atom stereocenters. The predicted octanol–water partition coefficient (Wildman–Crippen LogP) is 4.66. The Labute approximate surface area is 153 Å². The van der Waals surface area contributed by atoms with Crippen molar-refractivity contribution < 1.29 is 22.8 Å². The lowest BCUT2D eigenvalue weighted by atomic mass is 10.1. The normalized spacial score (nSPS) is 11.2. The van der Waals surface area contributed by atoms with Gasteiger partial charge in [0.15, 0.2) is 0 Å². The topological polar surface area (TPSA) is 49.4 Å². The average Bonchev–Trinajstić information content (AvgIpc) is 2.55. The zero-order chi connectivity index (χ0) is 19.5. The Kier molecular flexibility index (Phi) is 5.92. The number of nitrogens with zero attached hydrogens (tertiary/aromatic N) is 1. The van der Waals surface area contributed by atoms with Gasteiger partial charge in [-0.15, -0.1) is 0 Å². The summed E-state index contributed by atoms with van der Waals surface area (Å²) in [5.74, 6) is -1.19. The molecule has 0 radical (unpaired) electrons. The van der Waals surface area contributed by atoms with E-state index in [0.717, 1.165) is 17.0 Å². The third kappa shape index (κ3) is 4.54. The SMILES string of the molecule is CC(=O)N(CC(=O)Nc1ccccc1C(F)(F)F)c1cccc(Cl)c1C. The molecule has 0 unspecified atom stereocenters. The minimum absolute atomic E-state index is 0.365. The Hall–Kier alpha value is -2.54. The first kappa shape index (κ1) is 19.8. The van der Waals surface area contributed by atoms with Gasteiger partial charge in [0.1, 0.15) is 6.54 Å². The van der Waals surface area contributed by atoms with Gasteiger partial charge in [-0.05, 0) is 36.8 Å². The lowest BCUT2D eigenvalue weighted by Crippen LogP contribution is -2.37. The van der Waals surface area contributed by atoms with Gasteiger partial charge in [-0.1, -0.05) is 29.8 Å². The summed E-state index contributed by atoms with van der Waals surface area (Å²) < 4.78 is 39.1. The molecule has 0 saturated carbocycles. The molecule has 0 aromatic heterocycles. The molecule has 2 aromatic carbocycles. The lowest BCUT2D eigenvalue weighted by Gasteiger charge is -2.23. The van der Waals surface area contributed by atoms with Crippen LogP contribution in [0.5, 0.6) is 0 Å². The third-order valence-corrected chi connectivity index (χ3v) is 4.13. The van der Waals surface area contributed by atoms with Crippen molar-refractivity contribution in [2.75, 3.05) is 16.8 Å². The van der Waals surface area contributed by atoms with Gasteiger partial charge in [0, 0.05) is 17.6 Å². The first-order chi connectivity index (χ1) is 12.1. The van der Waals surface area contributed by atoms with E-state index in [-0.39, 0.29) is 5.69 Å². The van der Waals surface area contributed by atoms with Crippen LogP contribution >= 0.6 is 11.6 Å². The van der Waals surface area contributed by atoms with Crippen molar-refractivity contribution in [2.45, 2.75) is 20.0 Å². The molecule has 26 heavy (non-hydrogen) atoms. The summed E-state index contributed by atoms with van der Waals surface area (Å²) in [5.41, 5.74) is -0.310. The monoisotopic (exact) mass is 384 g/mol. The maximum absolute atomic E-state index is 13.0. The lowest BCUT2D eigenvalue weighted by molar-refractivity contribution is -0.137. The maximum atomic E-state index is 13.0. The maximum Gasteiger partial charge on any atom is 0.418 e. The van der Waals surface area contributed by atoms with Gasteiger partial charge < -0.3 is 10.2 Å². The van der Waals surface area contributed by atoms with Crippen LogP contribution in [0.3, 0.4) is 0 Å². The van der Waals surface area contributed by atoms with E-state index in [0.29, 0.717) is 16.3 Å². The van der Waals surface area contributed by atoms with Gasteiger partial charge in [0.2, 0.25) is 11.8 Å². The molecule has 0 fully saturated rings. The second-order valence-electron chi connectivity index (χ2n) is 5.58. The van der Waals surface area contributed by atoms with Gasteiger partial charge in [0.05, 0.1) is 11.3 Å². The van der Waals surface area contributed by atoms with Crippen LogP contribution in [0.2, 0.25) is 5.02 Å². The summed E-state index contributed by atoms with van der Waals surface area (Å²) in [6.07, 6.45) is -4.60. The molecule has 2 rings (SSSR count). The number of para-hydroxylation sites is 1. The van der Waals surface area contributed by atoms with E-state index in [1.54, 1.807) is 25.1 Å². The Morgan fingerprint density at radius 3 is 2.38 bits per heavy atom. The first-order valence-corrected chi connectivity index (χ1v) is 7.98. The summed E-state index contributed by atoms with van der Waals surface area (Å²) in [5, 5.41) is 2.63. The summed E-state index contributed by atoms with van der Waals surface area (Å²) >= 11 is 6.04. The number of nitrogens with one attached hydrogen (secondary N) is 1. The Balaban J connectivity index is 2.25. The molecule has 8 heteroatoms. The number of rotatable bonds is 4. The van der Waals surface area contributed by atoms with Crippen molar-refractivity contribution in [3.63, 3.8) is 0 Å². The molecule has 0 aliphatic carbocycles. The van der Waals surface area contributed by atoms with Crippen LogP contribution in [0.4, 0.5) is 24.5 Å². The molecule has 138 valence electrons. The largest absolute Gasteiger partial charge is 0.418 e. The fraction of sp³-hybridized carbons (Fsp3) is 0.222. The number of benzene rings is 2. The van der Waals surface area contributed by atoms with Gasteiger partial charge in [-0.2, -0.15) is 13.2 Å². The molecule has 2 amide bonds. The zero-order valence-corrected chi connectivity index (χ0v) is 14.8. The number of amides is 2. The van der Waals surface area contributed by atoms with E-state index in [2.05, 4.69) is 5.32 Å². The van der Waals surface area contributed by atoms with Crippen molar-refractivity contribution in [3.8, 4) is 0 Å². The number of carbonyl (C=O) groups is 2. The van der Waals surface area contributed by atoms with Gasteiger partial charge >= 0.3 is 6.18 Å². The fourth-order valence-corrected chi connectivity index (χ4v) is 2.60. The molecule has 0 bridgehead atoms. The van der Waals surface area contributed by atoms with Crippen LogP contribution in [0.25, 0.3) is 0 Å². The van der Waals surface area contributed by atoms with Crippen LogP contribution in [0.1, 0.15) is 18.1 Å². The van der Waals surface area contributed by atoms with Crippen LogP contribution in [0, 0.1) is 6.92 Å². The number of hydrogen-bond acceptors (Lipinski definition) is 2. The Morgan fingerprint density at radius 1 is 1.12 bits per heavy atom. The van der Waals surface area contributed by atoms with E-state index in [1.165, 1.54) is 19.1 Å². The molecular weight excluding hydrogens is 369 g/mol. The molecule has 1 N–H and O–H groups in total. The van der Waals surface area contributed by atoms with Crippen molar-refractivity contribution in [1.82, 2.24) is 0 Å². The van der Waals surface area contributed by atoms with Crippen molar-refractivity contribution in [2.24, 2.45) is 0 Å². The van der Waals surface area contributed by atoms with Crippen molar-refractivity contribution in [1.29, 1.82) is 0 Å². The first-order valence-electron chi connectivity index (χ1n) is 7.60. The number of anilines is 2. The summed E-state index contributed by atoms with van der Waals surface area (Å²) in [6, 6.07) is 9.52. The van der Waals surface area contributed by atoms with Crippen molar-refractivity contribution in [3.05, 3.63) is 58.6 Å². The second kappa shape index (κ2) is 7.78. The Bertz CT molecular complexity index is 837. The molecule has 0 saturated heterocycles. The standard InChI is InChI=1S/C18H16ClF3N2O2/c1-11-14(19)7-5-9-16(11)24(12(2)25)10-17(26)23-15-8-4-3-6-13(15)18(20,21)22/h3-9H,10H2,1-2H3,(H,23,26). The predicted molar refractivity (Wildman–Crippen MR) is 94.3 cm³/mol. The molecule has 4 nitrogen and oxygen atoms in total. The van der Waals surface area contributed by atoms with Gasteiger partial charge in [0.25, 0.3) is 0 Å². The highest BCUT2D eigenvalue weighted by molar-refractivity contribution is 6.31. The number of halogens is 4. The molecule has 0 spiro atoms. The molecule has 0 aliphatic rings. The third-order valence-electron chi connectivity index (χ3n) is 3.72. The van der Waals surface area contributed by atoms with Gasteiger partial charge in [-0.25, -0.2) is 0 Å². The van der Waals surface area contributed by atoms with Crippen molar-refractivity contribution >= 4 is 34.8 Å². The number of hydrogen-bond donors (Lipinski definition) is 1. The highest BCUT2D eigenvalue weighted by Gasteiger charge is 2.33. The molecular formula is C18H16ClF3N2O2. The summed E-state index contributed by atoms with van der Waals surface area (Å²) in [7, 11) is 0. The summed E-state index contributed by atoms with van der Waals surface area (Å²) in [4.78, 5) is 25.4. The summed E-state index contributed by atoms with van der Waals surface area (Å²) in [6.45, 7) is 2.50. The minimum Gasteiger partial charge on any atom is -0.324 e. The number of carbonyl (C=O) groups excluding carboxylic acids is 2. The minimum atomic E-state index is -4.60. The fourth-order valence-electron chi connectivity index (χ4n) is 2.43. The van der Waals surface area contributed by atoms with Gasteiger partial charge in [-0.3, -0.25) is 9.59 Å². The smallest absolute Gasteiger partial charge is 0.324 e. The van der Waals surface area contributed by atoms with Crippen LogP contribution < -0.4 is 10.2 Å². The van der Waals surface area contributed by atoms with Crippen LogP contribution in [-0.4, -0.2) is 18.4 Å². The van der Waals surface area contributed by atoms with E-state index in [9.17, 15) is 22.8 Å². The molecule has 2 aromatic rings. The Morgan fingerprint density at radius 2 is 1.77 bits per heavy atom. The quantitative estimate of drug-likeness (QED) is 0.833. The van der Waals surface area contributed by atoms with Crippen LogP contribution in [-0.2, 0) is 15.8 Å². The highest BCUT2D eigenvalue weighted by Crippen LogP contribution is 2.34. The van der Waals surface area contributed by atoms with E-state index < -0.39 is 30.1 Å². The highest BCUT2D eigenvalue weighted by atomic mass is 35.5. The number of alkyl halides is 3. The van der Waals surface area contributed by atoms with Crippen LogP contribution in [0.15, 0.2) is 42.5 Å². The molecule has 0 heterocycles. The van der Waals surface area contributed by atoms with E-state index >= 15 is 0 Å². The second-order valence-corrected chi connectivity index (χ2v) is 5.99. The zero-order valence-electron chi connectivity index (χ0n) is 14.0. The molecule has 0 aliphatic heterocycles. The average molecular weight is 385 g/mol. The van der Waals surface area contributed by atoms with E-state index in [1.807, 2.05) is 0 Å². The van der Waals surface area contributed by atoms with E-state index in [4.69, 9.17) is 11.6 Å².